The lowest BCUT2D eigenvalue weighted by atomic mass is 10.1. The maximum atomic E-state index is 12.7. The second kappa shape index (κ2) is 11.2. The van der Waals surface area contributed by atoms with Crippen LogP contribution in [0.5, 0.6) is 0 Å². The van der Waals surface area contributed by atoms with E-state index in [0.29, 0.717) is 37.0 Å². The average Bonchev–Trinajstić information content (AvgIpc) is 2.87. The molecule has 4 aromatic rings. The van der Waals surface area contributed by atoms with Crippen LogP contribution in [0.25, 0.3) is 21.8 Å². The third-order valence-corrected chi connectivity index (χ3v) is 8.69. The molecular formula is C25H28N4O4S2. The van der Waals surface area contributed by atoms with Gasteiger partial charge in [0.1, 0.15) is 9.79 Å². The lowest BCUT2D eigenvalue weighted by Gasteiger charge is -2.10. The second-order valence-corrected chi connectivity index (χ2v) is 11.7. The average molecular weight is 513 g/mol. The number of fused-ring (bicyclic) bond motifs is 2. The summed E-state index contributed by atoms with van der Waals surface area (Å²) in [6.45, 7) is 0.679. The zero-order valence-corrected chi connectivity index (χ0v) is 20.9. The van der Waals surface area contributed by atoms with Crippen molar-refractivity contribution in [2.45, 2.75) is 41.9 Å². The van der Waals surface area contributed by atoms with Gasteiger partial charge in [-0.25, -0.2) is 26.3 Å². The molecule has 0 saturated heterocycles. The van der Waals surface area contributed by atoms with Gasteiger partial charge in [0, 0.05) is 36.3 Å². The van der Waals surface area contributed by atoms with Gasteiger partial charge in [0.15, 0.2) is 0 Å². The molecule has 0 saturated carbocycles. The van der Waals surface area contributed by atoms with Gasteiger partial charge in [-0.05, 0) is 37.1 Å². The Kier molecular flexibility index (Phi) is 8.07. The Hall–Kier alpha value is -2.92. The highest BCUT2D eigenvalue weighted by Gasteiger charge is 2.18. The summed E-state index contributed by atoms with van der Waals surface area (Å²) in [5, 5.41) is 1.56. The third kappa shape index (κ3) is 6.21. The highest BCUT2D eigenvalue weighted by molar-refractivity contribution is 7.90. The number of hydrogen-bond donors (Lipinski definition) is 2. The molecule has 0 unspecified atom stereocenters. The fourth-order valence-electron chi connectivity index (χ4n) is 3.94. The van der Waals surface area contributed by atoms with E-state index in [1.54, 1.807) is 48.8 Å². The number of unbranched alkanes of at least 4 members (excludes halogenated alkanes) is 4. The Morgan fingerprint density at radius 1 is 0.543 bits per heavy atom. The van der Waals surface area contributed by atoms with Gasteiger partial charge >= 0.3 is 0 Å². The second-order valence-electron chi connectivity index (χ2n) is 8.23. The van der Waals surface area contributed by atoms with E-state index < -0.39 is 20.0 Å². The standard InChI is InChI=1S/C25H28N4O4S2/c30-34(31,22-14-6-10-20-12-8-16-26-24(20)22)28-18-4-2-1-3-5-19-29-35(32,33)23-15-7-11-21-13-9-17-27-25(21)23/h6-17,28-29H,1-5,18-19H2. The number of benzene rings is 2. The number of aromatic nitrogens is 2. The highest BCUT2D eigenvalue weighted by atomic mass is 32.2. The van der Waals surface area contributed by atoms with Gasteiger partial charge in [-0.3, -0.25) is 9.97 Å². The van der Waals surface area contributed by atoms with Gasteiger partial charge in [0.05, 0.1) is 11.0 Å². The lowest BCUT2D eigenvalue weighted by Crippen LogP contribution is -2.25. The van der Waals surface area contributed by atoms with Crippen molar-refractivity contribution in [3.05, 3.63) is 73.1 Å². The van der Waals surface area contributed by atoms with Gasteiger partial charge in [-0.2, -0.15) is 0 Å². The van der Waals surface area contributed by atoms with Crippen LogP contribution in [-0.2, 0) is 20.0 Å². The van der Waals surface area contributed by atoms with Crippen molar-refractivity contribution in [1.82, 2.24) is 19.4 Å². The number of rotatable bonds is 12. The van der Waals surface area contributed by atoms with Gasteiger partial charge in [0.25, 0.3) is 0 Å². The number of pyridine rings is 2. The molecule has 0 atom stereocenters. The summed E-state index contributed by atoms with van der Waals surface area (Å²) in [5.41, 5.74) is 0.925. The number of para-hydroxylation sites is 2. The SMILES string of the molecule is O=S(=O)(NCCCCCCCNS(=O)(=O)c1cccc2cccnc12)c1cccc2cccnc12. The molecule has 0 aliphatic rings. The molecule has 0 fully saturated rings. The zero-order chi connectivity index (χ0) is 24.7. The minimum Gasteiger partial charge on any atom is -0.255 e. The topological polar surface area (TPSA) is 118 Å². The predicted octanol–water partition coefficient (Wildman–Crippen LogP) is 3.99. The Morgan fingerprint density at radius 3 is 1.40 bits per heavy atom. The molecule has 0 aliphatic heterocycles. The summed E-state index contributed by atoms with van der Waals surface area (Å²) >= 11 is 0. The van der Waals surface area contributed by atoms with Gasteiger partial charge in [0.2, 0.25) is 20.0 Å². The molecule has 184 valence electrons. The summed E-state index contributed by atoms with van der Waals surface area (Å²) in [6, 6.07) is 17.4. The molecule has 2 aromatic heterocycles. The first kappa shape index (κ1) is 25.2. The van der Waals surface area contributed by atoms with E-state index >= 15 is 0 Å². The minimum absolute atomic E-state index is 0.185. The van der Waals surface area contributed by atoms with E-state index in [1.807, 2.05) is 24.3 Å². The van der Waals surface area contributed by atoms with E-state index in [4.69, 9.17) is 0 Å². The van der Waals surface area contributed by atoms with Gasteiger partial charge in [-0.1, -0.05) is 55.7 Å². The van der Waals surface area contributed by atoms with Crippen molar-refractivity contribution in [2.75, 3.05) is 13.1 Å². The van der Waals surface area contributed by atoms with Crippen LogP contribution in [-0.4, -0.2) is 39.9 Å². The molecule has 0 amide bonds. The van der Waals surface area contributed by atoms with Crippen molar-refractivity contribution >= 4 is 41.9 Å². The van der Waals surface area contributed by atoms with Gasteiger partial charge < -0.3 is 0 Å². The predicted molar refractivity (Wildman–Crippen MR) is 137 cm³/mol. The maximum Gasteiger partial charge on any atom is 0.242 e. The van der Waals surface area contributed by atoms with Crippen molar-refractivity contribution in [1.29, 1.82) is 0 Å². The first-order chi connectivity index (χ1) is 16.9. The normalized spacial score (nSPS) is 12.3. The van der Waals surface area contributed by atoms with Crippen LogP contribution in [0.2, 0.25) is 0 Å². The van der Waals surface area contributed by atoms with Crippen molar-refractivity contribution < 1.29 is 16.8 Å². The molecule has 2 aromatic carbocycles. The van der Waals surface area contributed by atoms with E-state index in [1.165, 1.54) is 0 Å². The Balaban J connectivity index is 1.17. The molecule has 0 spiro atoms. The van der Waals surface area contributed by atoms with Crippen molar-refractivity contribution in [3.63, 3.8) is 0 Å². The van der Waals surface area contributed by atoms with E-state index in [2.05, 4.69) is 19.4 Å². The summed E-state index contributed by atoms with van der Waals surface area (Å²) < 4.78 is 56.1. The molecule has 0 radical (unpaired) electrons. The molecule has 0 aliphatic carbocycles. The number of hydrogen-bond acceptors (Lipinski definition) is 6. The van der Waals surface area contributed by atoms with Crippen LogP contribution in [0.4, 0.5) is 0 Å². The van der Waals surface area contributed by atoms with E-state index in [-0.39, 0.29) is 9.79 Å². The van der Waals surface area contributed by atoms with Crippen LogP contribution in [0.1, 0.15) is 32.1 Å². The molecule has 4 rings (SSSR count). The monoisotopic (exact) mass is 512 g/mol. The summed E-state index contributed by atoms with van der Waals surface area (Å²) in [5.74, 6) is 0. The number of nitrogens with zero attached hydrogens (tertiary/aromatic N) is 2. The fourth-order valence-corrected chi connectivity index (χ4v) is 6.44. The van der Waals surface area contributed by atoms with E-state index in [0.717, 1.165) is 30.0 Å². The van der Waals surface area contributed by atoms with Crippen molar-refractivity contribution in [3.8, 4) is 0 Å². The smallest absolute Gasteiger partial charge is 0.242 e. The first-order valence-corrected chi connectivity index (χ1v) is 14.5. The van der Waals surface area contributed by atoms with Crippen LogP contribution < -0.4 is 9.44 Å². The van der Waals surface area contributed by atoms with Crippen LogP contribution in [0.3, 0.4) is 0 Å². The highest BCUT2D eigenvalue weighted by Crippen LogP contribution is 2.21. The fraction of sp³-hybridized carbons (Fsp3) is 0.280. The molecule has 8 nitrogen and oxygen atoms in total. The van der Waals surface area contributed by atoms with E-state index in [9.17, 15) is 16.8 Å². The van der Waals surface area contributed by atoms with Crippen molar-refractivity contribution in [2.24, 2.45) is 0 Å². The molecule has 10 heteroatoms. The minimum atomic E-state index is -3.64. The quantitative estimate of drug-likeness (QED) is 0.277. The molecule has 2 heterocycles. The lowest BCUT2D eigenvalue weighted by molar-refractivity contribution is 0.563. The van der Waals surface area contributed by atoms with Crippen LogP contribution in [0, 0.1) is 0 Å². The molecule has 0 bridgehead atoms. The summed E-state index contributed by atoms with van der Waals surface area (Å²) in [7, 11) is -7.28. The number of sulfonamides is 2. The molecule has 35 heavy (non-hydrogen) atoms. The zero-order valence-electron chi connectivity index (χ0n) is 19.2. The largest absolute Gasteiger partial charge is 0.255 e. The molecule has 2 N–H and O–H groups in total. The molecular weight excluding hydrogens is 484 g/mol. The Bertz CT molecular complexity index is 1400. The Morgan fingerprint density at radius 2 is 0.943 bits per heavy atom. The first-order valence-electron chi connectivity index (χ1n) is 11.6. The summed E-state index contributed by atoms with van der Waals surface area (Å²) in [4.78, 5) is 8.80. The Labute approximate surface area is 205 Å². The van der Waals surface area contributed by atoms with Crippen LogP contribution >= 0.6 is 0 Å². The maximum absolute atomic E-state index is 12.7. The third-order valence-electron chi connectivity index (χ3n) is 5.71. The summed E-state index contributed by atoms with van der Waals surface area (Å²) in [6.07, 6.45) is 7.14. The van der Waals surface area contributed by atoms with Gasteiger partial charge in [-0.15, -0.1) is 0 Å². The van der Waals surface area contributed by atoms with Crippen LogP contribution in [0.15, 0.2) is 82.8 Å². The number of nitrogens with one attached hydrogen (secondary N) is 2.